The van der Waals surface area contributed by atoms with Gasteiger partial charge in [0.2, 0.25) is 0 Å². The fraction of sp³-hybridized carbons (Fsp3) is 0.500. The third-order valence-corrected chi connectivity index (χ3v) is 7.07. The van der Waals surface area contributed by atoms with Crippen LogP contribution in [0.2, 0.25) is 0 Å². The van der Waals surface area contributed by atoms with Crippen LogP contribution in [0.25, 0.3) is 10.2 Å². The molecule has 0 unspecified atom stereocenters. The largest absolute Gasteiger partial charge is 0.325 e. The lowest BCUT2D eigenvalue weighted by molar-refractivity contribution is 0.236. The van der Waals surface area contributed by atoms with Crippen molar-refractivity contribution in [3.8, 4) is 0 Å². The van der Waals surface area contributed by atoms with Crippen molar-refractivity contribution in [3.63, 3.8) is 0 Å². The molecule has 2 aromatic rings. The van der Waals surface area contributed by atoms with Crippen LogP contribution in [-0.4, -0.2) is 47.2 Å². The van der Waals surface area contributed by atoms with Crippen LogP contribution in [0.15, 0.2) is 24.3 Å². The number of fused-ring (bicyclic) bond motifs is 1. The lowest BCUT2D eigenvalue weighted by Crippen LogP contribution is -2.61. The van der Waals surface area contributed by atoms with E-state index in [1.54, 1.807) is 15.6 Å². The lowest BCUT2D eigenvalue weighted by Gasteiger charge is -2.38. The molecule has 1 aliphatic heterocycles. The molecule has 1 aromatic carbocycles. The summed E-state index contributed by atoms with van der Waals surface area (Å²) in [5, 5.41) is 0.849. The second-order valence-corrected chi connectivity index (χ2v) is 8.93. The Balaban J connectivity index is 1.60. The van der Waals surface area contributed by atoms with Gasteiger partial charge in [0.15, 0.2) is 0 Å². The van der Waals surface area contributed by atoms with Crippen molar-refractivity contribution in [2.45, 2.75) is 31.5 Å². The van der Waals surface area contributed by atoms with Crippen molar-refractivity contribution in [1.29, 1.82) is 0 Å². The van der Waals surface area contributed by atoms with Gasteiger partial charge < -0.3 is 5.73 Å². The van der Waals surface area contributed by atoms with E-state index in [9.17, 15) is 8.42 Å². The summed E-state index contributed by atoms with van der Waals surface area (Å²) in [7, 11) is -3.42. The number of nitrogens with two attached hydrogens (primary N) is 1. The molecule has 2 aliphatic rings. The normalized spacial score (nSPS) is 20.6. The van der Waals surface area contributed by atoms with Gasteiger partial charge in [0, 0.05) is 25.2 Å². The second kappa shape index (κ2) is 5.24. The van der Waals surface area contributed by atoms with Crippen LogP contribution in [0.5, 0.6) is 0 Å². The van der Waals surface area contributed by atoms with Gasteiger partial charge in [-0.15, -0.1) is 11.3 Å². The summed E-state index contributed by atoms with van der Waals surface area (Å²) in [4.78, 5) is 4.56. The molecule has 0 spiro atoms. The van der Waals surface area contributed by atoms with E-state index in [2.05, 4.69) is 4.98 Å². The molecule has 1 saturated heterocycles. The number of hydrogen-bond acceptors (Lipinski definition) is 5. The Morgan fingerprint density at radius 3 is 2.68 bits per heavy atom. The van der Waals surface area contributed by atoms with Gasteiger partial charge in [0.1, 0.15) is 5.01 Å². The summed E-state index contributed by atoms with van der Waals surface area (Å²) in [6.07, 6.45) is 1.87. The summed E-state index contributed by atoms with van der Waals surface area (Å²) in [6.45, 7) is 1.20. The Morgan fingerprint density at radius 2 is 2.05 bits per heavy atom. The molecule has 2 fully saturated rings. The van der Waals surface area contributed by atoms with E-state index in [0.29, 0.717) is 19.6 Å². The average molecular weight is 338 g/mol. The molecule has 6 nitrogen and oxygen atoms in total. The van der Waals surface area contributed by atoms with Crippen LogP contribution in [0, 0.1) is 0 Å². The van der Waals surface area contributed by atoms with Crippen molar-refractivity contribution in [2.24, 2.45) is 5.73 Å². The van der Waals surface area contributed by atoms with Crippen LogP contribution < -0.4 is 5.73 Å². The van der Waals surface area contributed by atoms with Gasteiger partial charge in [-0.05, 0) is 25.0 Å². The maximum absolute atomic E-state index is 12.7. The molecule has 2 heterocycles. The Labute approximate surface area is 133 Å². The fourth-order valence-electron chi connectivity index (χ4n) is 2.69. The van der Waals surface area contributed by atoms with Crippen LogP contribution in [0.4, 0.5) is 0 Å². The highest BCUT2D eigenvalue weighted by Gasteiger charge is 2.44. The summed E-state index contributed by atoms with van der Waals surface area (Å²) in [5.74, 6) is 0. The first kappa shape index (κ1) is 14.5. The number of aromatic nitrogens is 1. The van der Waals surface area contributed by atoms with Crippen molar-refractivity contribution < 1.29 is 8.42 Å². The van der Waals surface area contributed by atoms with E-state index >= 15 is 0 Å². The van der Waals surface area contributed by atoms with E-state index < -0.39 is 10.2 Å². The number of thiazole rings is 1. The predicted octanol–water partition coefficient (Wildman–Crippen LogP) is 1.15. The van der Waals surface area contributed by atoms with Crippen molar-refractivity contribution in [1.82, 2.24) is 13.6 Å². The van der Waals surface area contributed by atoms with E-state index in [0.717, 1.165) is 28.1 Å². The zero-order valence-corrected chi connectivity index (χ0v) is 13.7. The van der Waals surface area contributed by atoms with Gasteiger partial charge in [-0.3, -0.25) is 0 Å². The minimum absolute atomic E-state index is 0.0294. The standard InChI is InChI=1S/C14H18N4O2S2/c15-10-7-17(8-10)22(19,20)18(11-5-6-11)9-14-16-12-3-1-2-4-13(12)21-14/h1-4,10-11H,5-9,15H2. The molecule has 2 N–H and O–H groups in total. The molecule has 0 atom stereocenters. The molecule has 8 heteroatoms. The Hall–Kier alpha value is -1.06. The zero-order valence-electron chi connectivity index (χ0n) is 12.1. The molecule has 1 saturated carbocycles. The van der Waals surface area contributed by atoms with E-state index in [-0.39, 0.29) is 12.1 Å². The summed E-state index contributed by atoms with van der Waals surface area (Å²) < 4.78 is 29.6. The molecule has 118 valence electrons. The highest BCUT2D eigenvalue weighted by Crippen LogP contribution is 2.34. The Bertz CT molecular complexity index is 761. The number of hydrogen-bond donors (Lipinski definition) is 1. The third kappa shape index (κ3) is 2.55. The summed E-state index contributed by atoms with van der Waals surface area (Å²) in [5.41, 5.74) is 6.66. The zero-order chi connectivity index (χ0) is 15.3. The second-order valence-electron chi connectivity index (χ2n) is 5.94. The molecule has 4 rings (SSSR count). The van der Waals surface area contributed by atoms with Gasteiger partial charge >= 0.3 is 0 Å². The number of rotatable bonds is 5. The van der Waals surface area contributed by atoms with Gasteiger partial charge in [-0.1, -0.05) is 12.1 Å². The topological polar surface area (TPSA) is 79.5 Å². The molecular formula is C14H18N4O2S2. The molecule has 1 aromatic heterocycles. The first-order valence-corrected chi connectivity index (χ1v) is 9.62. The molecular weight excluding hydrogens is 320 g/mol. The van der Waals surface area contributed by atoms with Crippen LogP contribution >= 0.6 is 11.3 Å². The van der Waals surface area contributed by atoms with Crippen molar-refractivity contribution in [3.05, 3.63) is 29.3 Å². The average Bonchev–Trinajstić information content (AvgIpc) is 3.20. The van der Waals surface area contributed by atoms with Crippen LogP contribution in [-0.2, 0) is 16.8 Å². The van der Waals surface area contributed by atoms with Gasteiger partial charge in [-0.2, -0.15) is 17.0 Å². The number of para-hydroxylation sites is 1. The highest BCUT2D eigenvalue weighted by atomic mass is 32.2. The lowest BCUT2D eigenvalue weighted by atomic mass is 10.2. The maximum Gasteiger partial charge on any atom is 0.282 e. The molecule has 0 bridgehead atoms. The quantitative estimate of drug-likeness (QED) is 0.887. The Kier molecular flexibility index (Phi) is 3.46. The predicted molar refractivity (Wildman–Crippen MR) is 86.7 cm³/mol. The molecule has 1 aliphatic carbocycles. The van der Waals surface area contributed by atoms with Crippen LogP contribution in [0.1, 0.15) is 17.8 Å². The minimum Gasteiger partial charge on any atom is -0.325 e. The van der Waals surface area contributed by atoms with Gasteiger partial charge in [-0.25, -0.2) is 4.98 Å². The smallest absolute Gasteiger partial charge is 0.282 e. The molecule has 0 radical (unpaired) electrons. The minimum atomic E-state index is -3.42. The number of benzene rings is 1. The van der Waals surface area contributed by atoms with E-state index in [4.69, 9.17) is 5.73 Å². The first-order valence-electron chi connectivity index (χ1n) is 7.41. The number of nitrogens with zero attached hydrogens (tertiary/aromatic N) is 3. The van der Waals surface area contributed by atoms with E-state index in [1.807, 2.05) is 24.3 Å². The Morgan fingerprint density at radius 1 is 1.32 bits per heavy atom. The molecule has 22 heavy (non-hydrogen) atoms. The van der Waals surface area contributed by atoms with Crippen LogP contribution in [0.3, 0.4) is 0 Å². The molecule has 0 amide bonds. The summed E-state index contributed by atoms with van der Waals surface area (Å²) >= 11 is 1.56. The van der Waals surface area contributed by atoms with Crippen molar-refractivity contribution in [2.75, 3.05) is 13.1 Å². The SMILES string of the molecule is NC1CN(S(=O)(=O)N(Cc2nc3ccccc3s2)C2CC2)C1. The summed E-state index contributed by atoms with van der Waals surface area (Å²) in [6, 6.07) is 7.98. The van der Waals surface area contributed by atoms with Gasteiger partial charge in [0.25, 0.3) is 10.2 Å². The van der Waals surface area contributed by atoms with E-state index in [1.165, 1.54) is 4.31 Å². The maximum atomic E-state index is 12.7. The fourth-order valence-corrected chi connectivity index (χ4v) is 5.67. The highest BCUT2D eigenvalue weighted by molar-refractivity contribution is 7.86. The third-order valence-electron chi connectivity index (χ3n) is 4.08. The van der Waals surface area contributed by atoms with Crippen molar-refractivity contribution >= 4 is 31.8 Å². The monoisotopic (exact) mass is 338 g/mol. The first-order chi connectivity index (χ1) is 10.5. The van der Waals surface area contributed by atoms with Gasteiger partial charge in [0.05, 0.1) is 16.8 Å².